The highest BCUT2D eigenvalue weighted by Gasteiger charge is 2.36. The lowest BCUT2D eigenvalue weighted by Gasteiger charge is -2.40. The van der Waals surface area contributed by atoms with Gasteiger partial charge in [0, 0.05) is 12.6 Å². The molecule has 0 aliphatic heterocycles. The van der Waals surface area contributed by atoms with Gasteiger partial charge >= 0.3 is 0 Å². The molecular formula is C16H33NO. The molecule has 2 nitrogen and oxygen atoms in total. The first-order valence-electron chi connectivity index (χ1n) is 7.68. The zero-order chi connectivity index (χ0) is 13.8. The molecule has 0 amide bonds. The van der Waals surface area contributed by atoms with Gasteiger partial charge in [-0.1, -0.05) is 27.7 Å². The van der Waals surface area contributed by atoms with Gasteiger partial charge in [-0.25, -0.2) is 0 Å². The molecule has 0 heterocycles. The van der Waals surface area contributed by atoms with Crippen LogP contribution in [-0.2, 0) is 0 Å². The molecule has 1 fully saturated rings. The molecule has 0 radical (unpaired) electrons. The Bertz CT molecular complexity index is 237. The van der Waals surface area contributed by atoms with Crippen molar-refractivity contribution in [3.8, 4) is 0 Å². The van der Waals surface area contributed by atoms with E-state index >= 15 is 0 Å². The van der Waals surface area contributed by atoms with E-state index in [9.17, 15) is 5.11 Å². The molecule has 1 aliphatic rings. The third kappa shape index (κ3) is 5.71. The highest BCUT2D eigenvalue weighted by atomic mass is 16.3. The van der Waals surface area contributed by atoms with Gasteiger partial charge in [-0.3, -0.25) is 0 Å². The molecule has 2 heteroatoms. The molecule has 18 heavy (non-hydrogen) atoms. The summed E-state index contributed by atoms with van der Waals surface area (Å²) in [7, 11) is 0. The lowest BCUT2D eigenvalue weighted by molar-refractivity contribution is -0.0259. The van der Waals surface area contributed by atoms with Crippen LogP contribution in [0.3, 0.4) is 0 Å². The van der Waals surface area contributed by atoms with Crippen LogP contribution in [0.1, 0.15) is 73.1 Å². The van der Waals surface area contributed by atoms with E-state index in [1.54, 1.807) is 0 Å². The van der Waals surface area contributed by atoms with Crippen molar-refractivity contribution in [2.45, 2.75) is 84.8 Å². The van der Waals surface area contributed by atoms with Crippen molar-refractivity contribution in [1.82, 2.24) is 5.32 Å². The molecule has 1 unspecified atom stereocenters. The summed E-state index contributed by atoms with van der Waals surface area (Å²) in [5, 5.41) is 14.1. The predicted octanol–water partition coefficient (Wildman–Crippen LogP) is 3.73. The first kappa shape index (κ1) is 16.0. The van der Waals surface area contributed by atoms with Crippen LogP contribution < -0.4 is 5.32 Å². The van der Waals surface area contributed by atoms with Crippen molar-refractivity contribution in [2.24, 2.45) is 11.3 Å². The predicted molar refractivity (Wildman–Crippen MR) is 78.7 cm³/mol. The van der Waals surface area contributed by atoms with E-state index in [4.69, 9.17) is 0 Å². The smallest absolute Gasteiger partial charge is 0.0772 e. The Hall–Kier alpha value is -0.0800. The van der Waals surface area contributed by atoms with Gasteiger partial charge in [0.25, 0.3) is 0 Å². The molecule has 1 rings (SSSR count). The summed E-state index contributed by atoms with van der Waals surface area (Å²) >= 11 is 0. The molecular weight excluding hydrogens is 222 g/mol. The Balaban J connectivity index is 2.26. The first-order chi connectivity index (χ1) is 8.22. The Labute approximate surface area is 114 Å². The fourth-order valence-electron chi connectivity index (χ4n) is 2.62. The Morgan fingerprint density at radius 3 is 2.06 bits per heavy atom. The van der Waals surface area contributed by atoms with Gasteiger partial charge in [0.1, 0.15) is 0 Å². The number of hydrogen-bond acceptors (Lipinski definition) is 2. The summed E-state index contributed by atoms with van der Waals surface area (Å²) in [6, 6.07) is 0.520. The SMILES string of the molecule is CC(C)CCC(C)NCC1(O)CCC(C)(C)CC1. The summed E-state index contributed by atoms with van der Waals surface area (Å²) in [5.41, 5.74) is -0.0307. The van der Waals surface area contributed by atoms with Crippen LogP contribution in [0.5, 0.6) is 0 Å². The molecule has 1 aliphatic carbocycles. The van der Waals surface area contributed by atoms with Crippen LogP contribution in [-0.4, -0.2) is 23.3 Å². The van der Waals surface area contributed by atoms with Crippen LogP contribution in [0, 0.1) is 11.3 Å². The maximum Gasteiger partial charge on any atom is 0.0772 e. The summed E-state index contributed by atoms with van der Waals surface area (Å²) in [4.78, 5) is 0. The van der Waals surface area contributed by atoms with E-state index in [2.05, 4.69) is 39.9 Å². The van der Waals surface area contributed by atoms with Crippen molar-refractivity contribution in [2.75, 3.05) is 6.54 Å². The fourth-order valence-corrected chi connectivity index (χ4v) is 2.62. The van der Waals surface area contributed by atoms with Crippen LogP contribution in [0.2, 0.25) is 0 Å². The lowest BCUT2D eigenvalue weighted by atomic mass is 9.71. The van der Waals surface area contributed by atoms with Crippen molar-refractivity contribution < 1.29 is 5.11 Å². The number of aliphatic hydroxyl groups is 1. The average molecular weight is 255 g/mol. The molecule has 108 valence electrons. The number of hydrogen-bond donors (Lipinski definition) is 2. The largest absolute Gasteiger partial charge is 0.389 e. The van der Waals surface area contributed by atoms with Crippen molar-refractivity contribution in [3.63, 3.8) is 0 Å². The highest BCUT2D eigenvalue weighted by molar-refractivity contribution is 4.91. The van der Waals surface area contributed by atoms with Crippen LogP contribution in [0.25, 0.3) is 0 Å². The minimum Gasteiger partial charge on any atom is -0.389 e. The molecule has 0 spiro atoms. The molecule has 0 aromatic rings. The van der Waals surface area contributed by atoms with Gasteiger partial charge in [0.15, 0.2) is 0 Å². The van der Waals surface area contributed by atoms with E-state index in [-0.39, 0.29) is 0 Å². The monoisotopic (exact) mass is 255 g/mol. The van der Waals surface area contributed by atoms with Gasteiger partial charge < -0.3 is 10.4 Å². The van der Waals surface area contributed by atoms with Gasteiger partial charge in [-0.05, 0) is 56.8 Å². The zero-order valence-corrected chi connectivity index (χ0v) is 13.1. The van der Waals surface area contributed by atoms with Crippen LogP contribution in [0.4, 0.5) is 0 Å². The standard InChI is InChI=1S/C16H33NO/c1-13(2)6-7-14(3)17-12-16(18)10-8-15(4,5)9-11-16/h13-14,17-18H,6-12H2,1-5H3. The third-order valence-electron chi connectivity index (χ3n) is 4.49. The highest BCUT2D eigenvalue weighted by Crippen LogP contribution is 2.39. The first-order valence-corrected chi connectivity index (χ1v) is 7.68. The van der Waals surface area contributed by atoms with E-state index < -0.39 is 5.60 Å². The van der Waals surface area contributed by atoms with Gasteiger partial charge in [-0.2, -0.15) is 0 Å². The van der Waals surface area contributed by atoms with Crippen molar-refractivity contribution in [1.29, 1.82) is 0 Å². The molecule has 0 saturated heterocycles. The molecule has 1 saturated carbocycles. The Morgan fingerprint density at radius 2 is 1.56 bits per heavy atom. The van der Waals surface area contributed by atoms with Crippen molar-refractivity contribution in [3.05, 3.63) is 0 Å². The van der Waals surface area contributed by atoms with Gasteiger partial charge in [0.05, 0.1) is 5.60 Å². The maximum atomic E-state index is 10.6. The zero-order valence-electron chi connectivity index (χ0n) is 13.1. The summed E-state index contributed by atoms with van der Waals surface area (Å²) in [5.74, 6) is 0.771. The Morgan fingerprint density at radius 1 is 1.00 bits per heavy atom. The van der Waals surface area contributed by atoms with E-state index in [1.807, 2.05) is 0 Å². The van der Waals surface area contributed by atoms with E-state index in [0.29, 0.717) is 11.5 Å². The van der Waals surface area contributed by atoms with Crippen LogP contribution in [0.15, 0.2) is 0 Å². The summed E-state index contributed by atoms with van der Waals surface area (Å²) in [6.07, 6.45) is 6.66. The second-order valence-electron chi connectivity index (χ2n) is 7.64. The van der Waals surface area contributed by atoms with E-state index in [1.165, 1.54) is 12.8 Å². The third-order valence-corrected chi connectivity index (χ3v) is 4.49. The quantitative estimate of drug-likeness (QED) is 0.758. The normalized spacial score (nSPS) is 24.2. The second-order valence-corrected chi connectivity index (χ2v) is 7.64. The molecule has 1 atom stereocenters. The number of nitrogens with one attached hydrogen (secondary N) is 1. The van der Waals surface area contributed by atoms with Gasteiger partial charge in [0.2, 0.25) is 0 Å². The maximum absolute atomic E-state index is 10.6. The van der Waals surface area contributed by atoms with E-state index in [0.717, 1.165) is 38.1 Å². The average Bonchev–Trinajstić information content (AvgIpc) is 2.29. The Kier molecular flexibility index (Phi) is 5.67. The second kappa shape index (κ2) is 6.38. The number of rotatable bonds is 6. The molecule has 0 aromatic carbocycles. The molecule has 2 N–H and O–H groups in total. The summed E-state index contributed by atoms with van der Waals surface area (Å²) in [6.45, 7) is 12.2. The fraction of sp³-hybridized carbons (Fsp3) is 1.00. The molecule has 0 aromatic heterocycles. The lowest BCUT2D eigenvalue weighted by Crippen LogP contribution is -2.47. The molecule has 0 bridgehead atoms. The van der Waals surface area contributed by atoms with Crippen molar-refractivity contribution >= 4 is 0 Å². The van der Waals surface area contributed by atoms with Crippen LogP contribution >= 0.6 is 0 Å². The van der Waals surface area contributed by atoms with Gasteiger partial charge in [-0.15, -0.1) is 0 Å². The minimum absolute atomic E-state index is 0.426. The topological polar surface area (TPSA) is 32.3 Å². The summed E-state index contributed by atoms with van der Waals surface area (Å²) < 4.78 is 0. The minimum atomic E-state index is -0.457.